The first-order chi connectivity index (χ1) is 8.31. The summed E-state index contributed by atoms with van der Waals surface area (Å²) in [4.78, 5) is 13.5. The van der Waals surface area contributed by atoms with Gasteiger partial charge in [0.1, 0.15) is 11.8 Å². The minimum Gasteiger partial charge on any atom is -0.479 e. The molecule has 0 bridgehead atoms. The summed E-state index contributed by atoms with van der Waals surface area (Å²) in [7, 11) is 0. The van der Waals surface area contributed by atoms with Crippen molar-refractivity contribution in [1.82, 2.24) is 0 Å². The second kappa shape index (κ2) is 5.35. The van der Waals surface area contributed by atoms with Crippen molar-refractivity contribution < 1.29 is 9.53 Å². The average molecular weight is 230 g/mol. The maximum absolute atomic E-state index is 11.8. The number of carbonyl (C=O) groups is 1. The molecule has 1 aromatic carbocycles. The van der Waals surface area contributed by atoms with E-state index < -0.39 is 0 Å². The molecule has 1 amide bonds. The Morgan fingerprint density at radius 3 is 3.06 bits per heavy atom. The minimum atomic E-state index is 0.0252. The smallest absolute Gasteiger partial charge is 0.226 e. The van der Waals surface area contributed by atoms with E-state index in [1.54, 1.807) is 17.0 Å². The Hall–Kier alpha value is -2.02. The Morgan fingerprint density at radius 2 is 2.29 bits per heavy atom. The third kappa shape index (κ3) is 2.76. The Bertz CT molecular complexity index is 451. The van der Waals surface area contributed by atoms with E-state index in [1.807, 2.05) is 18.2 Å². The summed E-state index contributed by atoms with van der Waals surface area (Å²) >= 11 is 0. The fraction of sp³-hybridized carbons (Fsp3) is 0.385. The molecule has 0 atom stereocenters. The molecule has 17 heavy (non-hydrogen) atoms. The summed E-state index contributed by atoms with van der Waals surface area (Å²) < 4.78 is 5.22. The van der Waals surface area contributed by atoms with Gasteiger partial charge in [-0.2, -0.15) is 5.26 Å². The molecule has 1 heterocycles. The first-order valence-corrected chi connectivity index (χ1v) is 5.71. The predicted octanol–water partition coefficient (Wildman–Crippen LogP) is 2.11. The van der Waals surface area contributed by atoms with Crippen LogP contribution in [0.3, 0.4) is 0 Å². The zero-order chi connectivity index (χ0) is 12.1. The molecule has 88 valence electrons. The van der Waals surface area contributed by atoms with Crippen LogP contribution in [-0.4, -0.2) is 19.1 Å². The highest BCUT2D eigenvalue weighted by Crippen LogP contribution is 2.24. The number of benzene rings is 1. The number of amides is 1. The summed E-state index contributed by atoms with van der Waals surface area (Å²) in [6, 6.07) is 9.24. The third-order valence-electron chi connectivity index (χ3n) is 2.76. The van der Waals surface area contributed by atoms with Crippen LogP contribution in [0.15, 0.2) is 24.3 Å². The van der Waals surface area contributed by atoms with Gasteiger partial charge in [0.25, 0.3) is 0 Å². The van der Waals surface area contributed by atoms with E-state index in [0.717, 1.165) is 25.1 Å². The molecule has 0 aliphatic carbocycles. The fourth-order valence-electron chi connectivity index (χ4n) is 1.94. The van der Waals surface area contributed by atoms with Crippen LogP contribution in [0.5, 0.6) is 5.75 Å². The number of ether oxygens (including phenoxy) is 1. The standard InChI is InChI=1S/C13H14N2O2/c14-7-9-17-12-5-3-4-11(10-12)15-8-2-1-6-13(15)16/h3-5,10H,1-2,6,8-9H2. The van der Waals surface area contributed by atoms with Gasteiger partial charge in [-0.05, 0) is 25.0 Å². The molecule has 0 N–H and O–H groups in total. The first kappa shape index (κ1) is 11.5. The van der Waals surface area contributed by atoms with Gasteiger partial charge >= 0.3 is 0 Å². The number of anilines is 1. The molecule has 0 radical (unpaired) electrons. The maximum atomic E-state index is 11.8. The van der Waals surface area contributed by atoms with Crippen molar-refractivity contribution in [1.29, 1.82) is 5.26 Å². The molecule has 4 nitrogen and oxygen atoms in total. The number of rotatable bonds is 3. The van der Waals surface area contributed by atoms with Gasteiger partial charge in [0.2, 0.25) is 5.91 Å². The molecule has 0 unspecified atom stereocenters. The summed E-state index contributed by atoms with van der Waals surface area (Å²) in [5, 5.41) is 8.45. The van der Waals surface area contributed by atoms with Crippen molar-refractivity contribution in [2.75, 3.05) is 18.1 Å². The fourth-order valence-corrected chi connectivity index (χ4v) is 1.94. The highest BCUT2D eigenvalue weighted by Gasteiger charge is 2.19. The van der Waals surface area contributed by atoms with Crippen LogP contribution in [0.4, 0.5) is 5.69 Å². The van der Waals surface area contributed by atoms with Crippen molar-refractivity contribution in [2.45, 2.75) is 19.3 Å². The maximum Gasteiger partial charge on any atom is 0.226 e. The monoisotopic (exact) mass is 230 g/mol. The van der Waals surface area contributed by atoms with Crippen LogP contribution in [0.1, 0.15) is 19.3 Å². The van der Waals surface area contributed by atoms with E-state index >= 15 is 0 Å². The van der Waals surface area contributed by atoms with Crippen LogP contribution < -0.4 is 9.64 Å². The molecule has 0 aromatic heterocycles. The number of hydrogen-bond acceptors (Lipinski definition) is 3. The first-order valence-electron chi connectivity index (χ1n) is 5.71. The van der Waals surface area contributed by atoms with Crippen molar-refractivity contribution in [3.8, 4) is 11.8 Å². The lowest BCUT2D eigenvalue weighted by Crippen LogP contribution is -2.35. The highest BCUT2D eigenvalue weighted by molar-refractivity contribution is 5.94. The molecule has 1 aliphatic heterocycles. The van der Waals surface area contributed by atoms with Gasteiger partial charge < -0.3 is 9.64 Å². The van der Waals surface area contributed by atoms with E-state index in [0.29, 0.717) is 12.2 Å². The van der Waals surface area contributed by atoms with E-state index in [9.17, 15) is 4.79 Å². The Morgan fingerprint density at radius 1 is 1.41 bits per heavy atom. The van der Waals surface area contributed by atoms with Gasteiger partial charge in [-0.15, -0.1) is 0 Å². The van der Waals surface area contributed by atoms with Crippen molar-refractivity contribution in [3.05, 3.63) is 24.3 Å². The number of hydrogen-bond donors (Lipinski definition) is 0. The molecule has 1 saturated heterocycles. The lowest BCUT2D eigenvalue weighted by atomic mass is 10.1. The topological polar surface area (TPSA) is 53.3 Å². The molecular weight excluding hydrogens is 216 g/mol. The SMILES string of the molecule is N#CCOc1cccc(N2CCCCC2=O)c1. The van der Waals surface area contributed by atoms with Crippen molar-refractivity contribution >= 4 is 11.6 Å². The average Bonchev–Trinajstić information content (AvgIpc) is 2.37. The molecular formula is C13H14N2O2. The second-order valence-electron chi connectivity index (χ2n) is 3.95. The molecule has 1 fully saturated rings. The van der Waals surface area contributed by atoms with E-state index in [4.69, 9.17) is 10.00 Å². The van der Waals surface area contributed by atoms with Gasteiger partial charge in [-0.25, -0.2) is 0 Å². The summed E-state index contributed by atoms with van der Waals surface area (Å²) in [5.41, 5.74) is 0.852. The van der Waals surface area contributed by atoms with E-state index in [1.165, 1.54) is 0 Å². The van der Waals surface area contributed by atoms with Crippen molar-refractivity contribution in [3.63, 3.8) is 0 Å². The largest absolute Gasteiger partial charge is 0.479 e. The molecule has 1 aromatic rings. The van der Waals surface area contributed by atoms with Crippen LogP contribution in [0.2, 0.25) is 0 Å². The van der Waals surface area contributed by atoms with Crippen LogP contribution in [-0.2, 0) is 4.79 Å². The van der Waals surface area contributed by atoms with Gasteiger partial charge in [0, 0.05) is 24.7 Å². The van der Waals surface area contributed by atoms with Gasteiger partial charge in [0.15, 0.2) is 6.61 Å². The lowest BCUT2D eigenvalue weighted by molar-refractivity contribution is -0.119. The summed E-state index contributed by atoms with van der Waals surface area (Å²) in [5.74, 6) is 0.788. The lowest BCUT2D eigenvalue weighted by Gasteiger charge is -2.27. The predicted molar refractivity (Wildman–Crippen MR) is 63.8 cm³/mol. The normalized spacial score (nSPS) is 15.5. The Balaban J connectivity index is 2.14. The zero-order valence-corrected chi connectivity index (χ0v) is 9.56. The highest BCUT2D eigenvalue weighted by atomic mass is 16.5. The molecule has 0 saturated carbocycles. The third-order valence-corrected chi connectivity index (χ3v) is 2.76. The van der Waals surface area contributed by atoms with E-state index in [2.05, 4.69) is 0 Å². The quantitative estimate of drug-likeness (QED) is 0.799. The zero-order valence-electron chi connectivity index (χ0n) is 9.56. The molecule has 0 spiro atoms. The van der Waals surface area contributed by atoms with Crippen LogP contribution in [0.25, 0.3) is 0 Å². The molecule has 4 heteroatoms. The number of carbonyl (C=O) groups excluding carboxylic acids is 1. The van der Waals surface area contributed by atoms with Crippen LogP contribution in [0, 0.1) is 11.3 Å². The van der Waals surface area contributed by atoms with Gasteiger partial charge in [-0.1, -0.05) is 6.07 Å². The minimum absolute atomic E-state index is 0.0252. The van der Waals surface area contributed by atoms with Gasteiger partial charge in [0.05, 0.1) is 0 Å². The van der Waals surface area contributed by atoms with Crippen LogP contribution >= 0.6 is 0 Å². The summed E-state index contributed by atoms with van der Waals surface area (Å²) in [6.45, 7) is 0.790. The molecule has 1 aliphatic rings. The summed E-state index contributed by atoms with van der Waals surface area (Å²) in [6.07, 6.45) is 2.62. The second-order valence-corrected chi connectivity index (χ2v) is 3.95. The number of nitriles is 1. The Kier molecular flexibility index (Phi) is 3.61. The van der Waals surface area contributed by atoms with Crippen molar-refractivity contribution in [2.24, 2.45) is 0 Å². The molecule has 2 rings (SSSR count). The number of piperidine rings is 1. The Labute approximate surface area is 100 Å². The van der Waals surface area contributed by atoms with E-state index in [-0.39, 0.29) is 12.5 Å². The number of nitrogens with zero attached hydrogens (tertiary/aromatic N) is 2. The van der Waals surface area contributed by atoms with Gasteiger partial charge in [-0.3, -0.25) is 4.79 Å².